The van der Waals surface area contributed by atoms with E-state index in [2.05, 4.69) is 64.7 Å². The zero-order chi connectivity index (χ0) is 29.3. The Labute approximate surface area is 248 Å². The summed E-state index contributed by atoms with van der Waals surface area (Å²) in [5.74, 6) is -0.0439. The Bertz CT molecular complexity index is 1430. The van der Waals surface area contributed by atoms with Gasteiger partial charge in [0.1, 0.15) is 0 Å². The van der Waals surface area contributed by atoms with Crippen molar-refractivity contribution in [1.29, 1.82) is 0 Å². The van der Waals surface area contributed by atoms with E-state index in [9.17, 15) is 9.90 Å². The molecule has 218 valence electrons. The lowest BCUT2D eigenvalue weighted by molar-refractivity contribution is -0.252. The third-order valence-electron chi connectivity index (χ3n) is 7.59. The van der Waals surface area contributed by atoms with Crippen LogP contribution in [0, 0.1) is 0 Å². The van der Waals surface area contributed by atoms with Gasteiger partial charge in [0.05, 0.1) is 18.8 Å². The SMILES string of the molecule is CC(=O)NCc1cccc(-c2ccc(C3OC(CN(C)CCc4ccccn4)CC(c4ccc(CO)cc4)O3)cc2)c1. The van der Waals surface area contributed by atoms with Gasteiger partial charge in [0, 0.05) is 56.9 Å². The van der Waals surface area contributed by atoms with Gasteiger partial charge in [-0.25, -0.2) is 0 Å². The van der Waals surface area contributed by atoms with Crippen molar-refractivity contribution in [3.63, 3.8) is 0 Å². The number of aliphatic hydroxyl groups excluding tert-OH is 1. The van der Waals surface area contributed by atoms with Gasteiger partial charge in [-0.1, -0.05) is 72.8 Å². The fourth-order valence-electron chi connectivity index (χ4n) is 5.24. The van der Waals surface area contributed by atoms with Crippen molar-refractivity contribution >= 4 is 5.91 Å². The molecule has 1 aliphatic heterocycles. The molecule has 1 aliphatic rings. The van der Waals surface area contributed by atoms with Crippen LogP contribution >= 0.6 is 0 Å². The van der Waals surface area contributed by atoms with Crippen LogP contribution in [0.2, 0.25) is 0 Å². The van der Waals surface area contributed by atoms with Gasteiger partial charge in [-0.05, 0) is 53.1 Å². The van der Waals surface area contributed by atoms with E-state index in [1.165, 1.54) is 6.92 Å². The van der Waals surface area contributed by atoms with E-state index in [-0.39, 0.29) is 24.7 Å². The Morgan fingerprint density at radius 1 is 0.929 bits per heavy atom. The lowest BCUT2D eigenvalue weighted by atomic mass is 9.99. The second-order valence-corrected chi connectivity index (χ2v) is 10.9. The van der Waals surface area contributed by atoms with Crippen LogP contribution in [0.3, 0.4) is 0 Å². The second kappa shape index (κ2) is 14.3. The maximum Gasteiger partial charge on any atom is 0.217 e. The maximum absolute atomic E-state index is 11.3. The van der Waals surface area contributed by atoms with Crippen LogP contribution in [0.5, 0.6) is 0 Å². The van der Waals surface area contributed by atoms with Gasteiger partial charge < -0.3 is 24.8 Å². The molecule has 0 bridgehead atoms. The van der Waals surface area contributed by atoms with E-state index in [0.29, 0.717) is 6.54 Å². The number of hydrogen-bond acceptors (Lipinski definition) is 6. The fraction of sp³-hybridized carbons (Fsp3) is 0.314. The first kappa shape index (κ1) is 29.6. The first-order valence-electron chi connectivity index (χ1n) is 14.5. The molecule has 3 unspecified atom stereocenters. The van der Waals surface area contributed by atoms with E-state index < -0.39 is 6.29 Å². The lowest BCUT2D eigenvalue weighted by Crippen LogP contribution is -2.38. The summed E-state index contributed by atoms with van der Waals surface area (Å²) in [4.78, 5) is 18.1. The molecule has 42 heavy (non-hydrogen) atoms. The normalized spacial score (nSPS) is 18.6. The molecule has 0 aliphatic carbocycles. The Balaban J connectivity index is 1.30. The standard InChI is InChI=1S/C35H39N3O4/c1-25(40)37-22-27-6-5-7-31(20-27)28-13-15-30(16-14-28)35-41-33(23-38(2)19-17-32-8-3-4-18-36-32)21-34(42-35)29-11-9-26(24-39)10-12-29/h3-16,18,20,33-35,39H,17,19,21-24H2,1-2H3,(H,37,40). The molecule has 1 fully saturated rings. The van der Waals surface area contributed by atoms with Crippen molar-refractivity contribution in [2.45, 2.75) is 51.4 Å². The number of nitrogens with one attached hydrogen (secondary N) is 1. The van der Waals surface area contributed by atoms with Crippen LogP contribution in [0.25, 0.3) is 11.1 Å². The molecule has 7 heteroatoms. The average Bonchev–Trinajstić information content (AvgIpc) is 3.03. The van der Waals surface area contributed by atoms with Gasteiger partial charge in [0.15, 0.2) is 6.29 Å². The van der Waals surface area contributed by atoms with Crippen molar-refractivity contribution in [3.05, 3.63) is 125 Å². The summed E-state index contributed by atoms with van der Waals surface area (Å²) >= 11 is 0. The number of nitrogens with zero attached hydrogens (tertiary/aromatic N) is 2. The number of amides is 1. The van der Waals surface area contributed by atoms with Gasteiger partial charge >= 0.3 is 0 Å². The summed E-state index contributed by atoms with van der Waals surface area (Å²) < 4.78 is 13.1. The molecule has 0 radical (unpaired) electrons. The fourth-order valence-corrected chi connectivity index (χ4v) is 5.24. The van der Waals surface area contributed by atoms with Crippen LogP contribution in [-0.4, -0.2) is 47.1 Å². The number of carbonyl (C=O) groups excluding carboxylic acids is 1. The molecule has 5 rings (SSSR count). The van der Waals surface area contributed by atoms with Crippen LogP contribution in [0.1, 0.15) is 53.7 Å². The van der Waals surface area contributed by atoms with Gasteiger partial charge in [-0.3, -0.25) is 9.78 Å². The highest BCUT2D eigenvalue weighted by Crippen LogP contribution is 2.38. The van der Waals surface area contributed by atoms with Crippen molar-refractivity contribution in [3.8, 4) is 11.1 Å². The maximum atomic E-state index is 11.3. The van der Waals surface area contributed by atoms with Crippen LogP contribution in [0.15, 0.2) is 97.2 Å². The Morgan fingerprint density at radius 3 is 2.43 bits per heavy atom. The molecule has 3 aromatic carbocycles. The first-order chi connectivity index (χ1) is 20.5. The van der Waals surface area contributed by atoms with E-state index in [0.717, 1.165) is 65.0 Å². The van der Waals surface area contributed by atoms with E-state index in [1.807, 2.05) is 54.7 Å². The van der Waals surface area contributed by atoms with Gasteiger partial charge in [-0.2, -0.15) is 0 Å². The van der Waals surface area contributed by atoms with Crippen LogP contribution in [0.4, 0.5) is 0 Å². The summed E-state index contributed by atoms with van der Waals surface area (Å²) in [6.45, 7) is 3.70. The quantitative estimate of drug-likeness (QED) is 0.247. The zero-order valence-corrected chi connectivity index (χ0v) is 24.3. The molecule has 0 saturated carbocycles. The number of likely N-dealkylation sites (N-methyl/N-ethyl adjacent to an activating group) is 1. The predicted octanol–water partition coefficient (Wildman–Crippen LogP) is 5.60. The van der Waals surface area contributed by atoms with Gasteiger partial charge in [0.2, 0.25) is 5.91 Å². The minimum Gasteiger partial charge on any atom is -0.392 e. The number of aromatic nitrogens is 1. The van der Waals surface area contributed by atoms with Crippen LogP contribution in [-0.2, 0) is 33.8 Å². The summed E-state index contributed by atoms with van der Waals surface area (Å²) in [7, 11) is 2.12. The summed E-state index contributed by atoms with van der Waals surface area (Å²) in [6.07, 6.45) is 2.80. The van der Waals surface area contributed by atoms with Crippen molar-refractivity contribution < 1.29 is 19.4 Å². The highest BCUT2D eigenvalue weighted by molar-refractivity contribution is 5.73. The molecule has 2 heterocycles. The highest BCUT2D eigenvalue weighted by Gasteiger charge is 2.32. The number of benzene rings is 3. The minimum absolute atomic E-state index is 0.0176. The number of carbonyl (C=O) groups is 1. The predicted molar refractivity (Wildman–Crippen MR) is 163 cm³/mol. The van der Waals surface area contributed by atoms with Crippen molar-refractivity contribution in [1.82, 2.24) is 15.2 Å². The second-order valence-electron chi connectivity index (χ2n) is 10.9. The summed E-state index contributed by atoms with van der Waals surface area (Å²) in [6, 6.07) is 30.5. The molecule has 1 aromatic heterocycles. The molecule has 2 N–H and O–H groups in total. The lowest BCUT2D eigenvalue weighted by Gasteiger charge is -2.38. The van der Waals surface area contributed by atoms with Gasteiger partial charge in [0.25, 0.3) is 0 Å². The van der Waals surface area contributed by atoms with E-state index >= 15 is 0 Å². The molecule has 4 aromatic rings. The summed E-state index contributed by atoms with van der Waals surface area (Å²) in [5.41, 5.74) is 7.23. The monoisotopic (exact) mass is 565 g/mol. The van der Waals surface area contributed by atoms with E-state index in [1.54, 1.807) is 0 Å². The average molecular weight is 566 g/mol. The Hall–Kier alpha value is -3.88. The molecular weight excluding hydrogens is 526 g/mol. The van der Waals surface area contributed by atoms with E-state index in [4.69, 9.17) is 9.47 Å². The number of pyridine rings is 1. The molecular formula is C35H39N3O4. The van der Waals surface area contributed by atoms with Crippen LogP contribution < -0.4 is 5.32 Å². The molecule has 1 saturated heterocycles. The smallest absolute Gasteiger partial charge is 0.217 e. The molecule has 1 amide bonds. The minimum atomic E-state index is -0.504. The number of rotatable bonds is 11. The summed E-state index contributed by atoms with van der Waals surface area (Å²) in [5, 5.41) is 12.4. The molecule has 7 nitrogen and oxygen atoms in total. The first-order valence-corrected chi connectivity index (χ1v) is 14.5. The number of aliphatic hydroxyl groups is 1. The third-order valence-corrected chi connectivity index (χ3v) is 7.59. The zero-order valence-electron chi connectivity index (χ0n) is 24.3. The molecule has 0 spiro atoms. The Kier molecular flexibility index (Phi) is 10.1. The number of ether oxygens (including phenoxy) is 2. The number of hydrogen-bond donors (Lipinski definition) is 2. The topological polar surface area (TPSA) is 83.9 Å². The molecule has 3 atom stereocenters. The van der Waals surface area contributed by atoms with Crippen molar-refractivity contribution in [2.75, 3.05) is 20.1 Å². The highest BCUT2D eigenvalue weighted by atomic mass is 16.7. The largest absolute Gasteiger partial charge is 0.392 e. The van der Waals surface area contributed by atoms with Crippen molar-refractivity contribution in [2.24, 2.45) is 0 Å². The third kappa shape index (κ3) is 8.11. The Morgan fingerprint density at radius 2 is 1.71 bits per heavy atom. The van der Waals surface area contributed by atoms with Gasteiger partial charge in [-0.15, -0.1) is 0 Å².